The minimum absolute atomic E-state index is 0.0383. The van der Waals surface area contributed by atoms with Crippen LogP contribution in [0.25, 0.3) is 0 Å². The summed E-state index contributed by atoms with van der Waals surface area (Å²) in [4.78, 5) is 33.0. The van der Waals surface area contributed by atoms with Crippen LogP contribution in [0.5, 0.6) is 0 Å². The number of carbonyl (C=O) groups is 2. The van der Waals surface area contributed by atoms with Crippen molar-refractivity contribution < 1.29 is 27.2 Å². The first-order chi connectivity index (χ1) is 14.5. The van der Waals surface area contributed by atoms with E-state index in [1.165, 1.54) is 24.1 Å². The maximum Gasteiger partial charge on any atom is 0.417 e. The first-order valence-corrected chi connectivity index (χ1v) is 9.22. The summed E-state index contributed by atoms with van der Waals surface area (Å²) in [6.07, 6.45) is -4.02. The van der Waals surface area contributed by atoms with Crippen molar-refractivity contribution in [2.45, 2.75) is 25.9 Å². The third-order valence-corrected chi connectivity index (χ3v) is 4.27. The molecule has 1 aromatic carbocycles. The number of pyridine rings is 1. The summed E-state index contributed by atoms with van der Waals surface area (Å²) >= 11 is 0. The van der Waals surface area contributed by atoms with Crippen molar-refractivity contribution in [1.82, 2.24) is 9.88 Å². The third kappa shape index (κ3) is 6.49. The number of nitrogens with two attached hydrogens (primary N) is 1. The van der Waals surface area contributed by atoms with Crippen LogP contribution in [0.4, 0.5) is 23.2 Å². The molecule has 166 valence electrons. The zero-order valence-electron chi connectivity index (χ0n) is 16.8. The molecule has 1 heterocycles. The SMILES string of the molecule is CCN=C(N)N(C)C(=O)CCc1cc(NC(=O)c2ccc(C(F)(F)F)cn2)ccc1F. The maximum absolute atomic E-state index is 14.1. The number of amides is 2. The largest absolute Gasteiger partial charge is 0.417 e. The number of aliphatic imine (C=N–C) groups is 1. The molecule has 11 heteroatoms. The molecule has 0 aliphatic rings. The Kier molecular flexibility index (Phi) is 7.67. The summed E-state index contributed by atoms with van der Waals surface area (Å²) in [6.45, 7) is 2.17. The van der Waals surface area contributed by atoms with Gasteiger partial charge >= 0.3 is 6.18 Å². The predicted molar refractivity (Wildman–Crippen MR) is 107 cm³/mol. The predicted octanol–water partition coefficient (Wildman–Crippen LogP) is 3.22. The molecule has 0 saturated heterocycles. The summed E-state index contributed by atoms with van der Waals surface area (Å²) in [6, 6.07) is 5.44. The Hall–Kier alpha value is -3.50. The van der Waals surface area contributed by atoms with Gasteiger partial charge in [-0.05, 0) is 49.2 Å². The second-order valence-corrected chi connectivity index (χ2v) is 6.48. The molecular formula is C20H21F4N5O2. The fourth-order valence-corrected chi connectivity index (χ4v) is 2.54. The number of nitrogens with one attached hydrogen (secondary N) is 1. The van der Waals surface area contributed by atoms with Crippen molar-refractivity contribution in [1.29, 1.82) is 0 Å². The van der Waals surface area contributed by atoms with Crippen molar-refractivity contribution in [3.63, 3.8) is 0 Å². The molecule has 0 atom stereocenters. The molecule has 0 aliphatic carbocycles. The second kappa shape index (κ2) is 10.0. The van der Waals surface area contributed by atoms with E-state index < -0.39 is 23.5 Å². The first-order valence-electron chi connectivity index (χ1n) is 9.22. The minimum atomic E-state index is -4.56. The normalized spacial score (nSPS) is 11.9. The number of aromatic nitrogens is 1. The highest BCUT2D eigenvalue weighted by Crippen LogP contribution is 2.28. The van der Waals surface area contributed by atoms with Gasteiger partial charge < -0.3 is 11.1 Å². The van der Waals surface area contributed by atoms with Crippen LogP contribution in [0.15, 0.2) is 41.5 Å². The molecular weight excluding hydrogens is 418 g/mol. The number of benzene rings is 1. The van der Waals surface area contributed by atoms with Crippen LogP contribution in [0.1, 0.15) is 35.0 Å². The van der Waals surface area contributed by atoms with Crippen LogP contribution in [0, 0.1) is 5.82 Å². The highest BCUT2D eigenvalue weighted by molar-refractivity contribution is 6.02. The van der Waals surface area contributed by atoms with Gasteiger partial charge in [0.2, 0.25) is 5.91 Å². The van der Waals surface area contributed by atoms with Gasteiger partial charge in [0.25, 0.3) is 5.91 Å². The molecule has 3 N–H and O–H groups in total. The van der Waals surface area contributed by atoms with E-state index in [-0.39, 0.29) is 41.7 Å². The standard InChI is InChI=1S/C20H21F4N5O2/c1-3-26-19(25)29(2)17(30)9-4-12-10-14(6-7-15(12)21)28-18(31)16-8-5-13(11-27-16)20(22,23)24/h5-8,10-11H,3-4,9H2,1-2H3,(H2,25,26)(H,28,31). The molecule has 0 saturated carbocycles. The first kappa shape index (κ1) is 23.8. The molecule has 0 unspecified atom stereocenters. The lowest BCUT2D eigenvalue weighted by molar-refractivity contribution is -0.137. The summed E-state index contributed by atoms with van der Waals surface area (Å²) < 4.78 is 51.9. The molecule has 31 heavy (non-hydrogen) atoms. The van der Waals surface area contributed by atoms with Crippen molar-refractivity contribution in [2.24, 2.45) is 10.7 Å². The van der Waals surface area contributed by atoms with Crippen molar-refractivity contribution in [3.8, 4) is 0 Å². The molecule has 0 radical (unpaired) electrons. The monoisotopic (exact) mass is 439 g/mol. The van der Waals surface area contributed by atoms with E-state index in [0.29, 0.717) is 12.7 Å². The number of halogens is 4. The Morgan fingerprint density at radius 2 is 1.94 bits per heavy atom. The van der Waals surface area contributed by atoms with E-state index in [0.717, 1.165) is 18.2 Å². The number of guanidine groups is 1. The fourth-order valence-electron chi connectivity index (χ4n) is 2.54. The lowest BCUT2D eigenvalue weighted by Gasteiger charge is -2.16. The Balaban J connectivity index is 2.06. The zero-order valence-corrected chi connectivity index (χ0v) is 16.8. The Labute approximate surface area is 176 Å². The van der Waals surface area contributed by atoms with Crippen LogP contribution >= 0.6 is 0 Å². The van der Waals surface area contributed by atoms with Crippen LogP contribution in [0.3, 0.4) is 0 Å². The number of carbonyl (C=O) groups excluding carboxylic acids is 2. The van der Waals surface area contributed by atoms with Gasteiger partial charge in [-0.15, -0.1) is 0 Å². The van der Waals surface area contributed by atoms with Gasteiger partial charge in [0.05, 0.1) is 5.56 Å². The number of anilines is 1. The highest BCUT2D eigenvalue weighted by atomic mass is 19.4. The Morgan fingerprint density at radius 3 is 2.52 bits per heavy atom. The van der Waals surface area contributed by atoms with E-state index >= 15 is 0 Å². The van der Waals surface area contributed by atoms with Gasteiger partial charge in [0.15, 0.2) is 5.96 Å². The fraction of sp³-hybridized carbons (Fsp3) is 0.300. The number of hydrogen-bond donors (Lipinski definition) is 2. The molecule has 0 spiro atoms. The van der Waals surface area contributed by atoms with Crippen molar-refractivity contribution in [2.75, 3.05) is 18.9 Å². The van der Waals surface area contributed by atoms with Crippen LogP contribution in [-0.2, 0) is 17.4 Å². The van der Waals surface area contributed by atoms with Crippen LogP contribution in [0.2, 0.25) is 0 Å². The van der Waals surface area contributed by atoms with E-state index in [4.69, 9.17) is 5.73 Å². The zero-order chi connectivity index (χ0) is 23.2. The van der Waals surface area contributed by atoms with Gasteiger partial charge in [0.1, 0.15) is 11.5 Å². The third-order valence-electron chi connectivity index (χ3n) is 4.27. The van der Waals surface area contributed by atoms with Crippen LogP contribution in [-0.4, -0.2) is 41.3 Å². The van der Waals surface area contributed by atoms with Gasteiger partial charge in [0, 0.05) is 31.9 Å². The smallest absolute Gasteiger partial charge is 0.369 e. The Bertz CT molecular complexity index is 975. The second-order valence-electron chi connectivity index (χ2n) is 6.48. The average Bonchev–Trinajstić information content (AvgIpc) is 2.72. The summed E-state index contributed by atoms with van der Waals surface area (Å²) in [5.74, 6) is -1.64. The van der Waals surface area contributed by atoms with E-state index in [2.05, 4.69) is 15.3 Å². The van der Waals surface area contributed by atoms with Gasteiger partial charge in [-0.3, -0.25) is 24.5 Å². The summed E-state index contributed by atoms with van der Waals surface area (Å²) in [7, 11) is 1.46. The van der Waals surface area contributed by atoms with E-state index in [1.54, 1.807) is 6.92 Å². The van der Waals surface area contributed by atoms with Crippen molar-refractivity contribution >= 4 is 23.5 Å². The molecule has 2 amide bonds. The molecule has 1 aromatic heterocycles. The number of aryl methyl sites for hydroxylation is 1. The highest BCUT2D eigenvalue weighted by Gasteiger charge is 2.31. The summed E-state index contributed by atoms with van der Waals surface area (Å²) in [5.41, 5.74) is 4.82. The molecule has 7 nitrogen and oxygen atoms in total. The lowest BCUT2D eigenvalue weighted by atomic mass is 10.1. The Morgan fingerprint density at radius 1 is 1.23 bits per heavy atom. The lowest BCUT2D eigenvalue weighted by Crippen LogP contribution is -2.39. The molecule has 2 rings (SSSR count). The van der Waals surface area contributed by atoms with Gasteiger partial charge in [-0.25, -0.2) is 4.39 Å². The number of nitrogens with zero attached hydrogens (tertiary/aromatic N) is 3. The summed E-state index contributed by atoms with van der Waals surface area (Å²) in [5, 5.41) is 2.45. The van der Waals surface area contributed by atoms with Crippen molar-refractivity contribution in [3.05, 3.63) is 59.2 Å². The molecule has 0 fully saturated rings. The van der Waals surface area contributed by atoms with Gasteiger partial charge in [-0.2, -0.15) is 13.2 Å². The number of hydrogen-bond acceptors (Lipinski definition) is 4. The quantitative estimate of drug-likeness (QED) is 0.410. The van der Waals surface area contributed by atoms with E-state index in [9.17, 15) is 27.2 Å². The molecule has 2 aromatic rings. The maximum atomic E-state index is 14.1. The minimum Gasteiger partial charge on any atom is -0.369 e. The van der Waals surface area contributed by atoms with E-state index in [1.807, 2.05) is 0 Å². The number of alkyl halides is 3. The van der Waals surface area contributed by atoms with Gasteiger partial charge in [-0.1, -0.05) is 0 Å². The molecule has 0 bridgehead atoms. The number of rotatable bonds is 6. The average molecular weight is 439 g/mol. The van der Waals surface area contributed by atoms with Crippen LogP contribution < -0.4 is 11.1 Å². The topological polar surface area (TPSA) is 101 Å². The molecule has 0 aliphatic heterocycles.